The van der Waals surface area contributed by atoms with Gasteiger partial charge in [0.25, 0.3) is 5.91 Å². The number of amides is 1. The van der Waals surface area contributed by atoms with E-state index in [9.17, 15) is 18.0 Å². The van der Waals surface area contributed by atoms with Crippen LogP contribution in [0.1, 0.15) is 29.1 Å². The monoisotopic (exact) mass is 463 g/mol. The second-order valence-corrected chi connectivity index (χ2v) is 8.43. The minimum atomic E-state index is -4.49. The lowest BCUT2D eigenvalue weighted by Crippen LogP contribution is -2.48. The van der Waals surface area contributed by atoms with Crippen LogP contribution in [0.4, 0.5) is 24.1 Å². The highest BCUT2D eigenvalue weighted by Gasteiger charge is 2.32. The molecule has 32 heavy (non-hydrogen) atoms. The van der Waals surface area contributed by atoms with E-state index in [4.69, 9.17) is 4.74 Å². The molecular formula is C21H20F3N5O2S. The van der Waals surface area contributed by atoms with E-state index >= 15 is 0 Å². The van der Waals surface area contributed by atoms with E-state index in [1.165, 1.54) is 0 Å². The van der Waals surface area contributed by atoms with Crippen molar-refractivity contribution in [2.45, 2.75) is 32.2 Å². The first kappa shape index (κ1) is 22.2. The Kier molecular flexibility index (Phi) is 6.11. The fraction of sp³-hybridized carbons (Fsp3) is 0.333. The summed E-state index contributed by atoms with van der Waals surface area (Å²) in [5.41, 5.74) is 0.0254. The molecule has 0 bridgehead atoms. The summed E-state index contributed by atoms with van der Waals surface area (Å²) in [5, 5.41) is 3.04. The summed E-state index contributed by atoms with van der Waals surface area (Å²) in [6.07, 6.45) is -2.06. The van der Waals surface area contributed by atoms with Gasteiger partial charge in [0.05, 0.1) is 23.5 Å². The number of halogens is 3. The molecule has 0 unspecified atom stereocenters. The number of morpholine rings is 1. The first-order chi connectivity index (χ1) is 15.2. The van der Waals surface area contributed by atoms with Crippen molar-refractivity contribution in [1.29, 1.82) is 0 Å². The molecule has 0 aromatic carbocycles. The summed E-state index contributed by atoms with van der Waals surface area (Å²) in [6.45, 7) is 4.66. The van der Waals surface area contributed by atoms with Gasteiger partial charge < -0.3 is 15.0 Å². The lowest BCUT2D eigenvalue weighted by molar-refractivity contribution is -0.137. The first-order valence-electron chi connectivity index (χ1n) is 9.88. The molecule has 4 heterocycles. The van der Waals surface area contributed by atoms with Crippen LogP contribution in [0.25, 0.3) is 11.4 Å². The summed E-state index contributed by atoms with van der Waals surface area (Å²) in [4.78, 5) is 28.1. The molecule has 0 saturated carbocycles. The van der Waals surface area contributed by atoms with E-state index in [-0.39, 0.29) is 29.1 Å². The van der Waals surface area contributed by atoms with Gasteiger partial charge in [0, 0.05) is 25.5 Å². The van der Waals surface area contributed by atoms with Crippen LogP contribution in [-0.4, -0.2) is 51.1 Å². The van der Waals surface area contributed by atoms with Crippen molar-refractivity contribution in [2.75, 3.05) is 18.4 Å². The molecule has 11 heteroatoms. The molecule has 7 nitrogen and oxygen atoms in total. The van der Waals surface area contributed by atoms with Crippen LogP contribution in [0.3, 0.4) is 0 Å². The zero-order chi connectivity index (χ0) is 22.9. The Balaban J connectivity index is 1.68. The number of alkyl halides is 3. The van der Waals surface area contributed by atoms with Crippen LogP contribution in [0.5, 0.6) is 0 Å². The normalized spacial score (nSPS) is 19.1. The predicted octanol–water partition coefficient (Wildman–Crippen LogP) is 4.61. The number of anilines is 2. The SMILES string of the molecule is C[C@@H]1CN(C(=O)c2sc(Nc3cc(C(F)(F)F)ccn3)nc2-c2ccccn2)C[C@H](C)O1. The molecule has 4 rings (SSSR count). The summed E-state index contributed by atoms with van der Waals surface area (Å²) in [6, 6.07) is 7.03. The Labute approximate surface area is 186 Å². The van der Waals surface area contributed by atoms with E-state index in [2.05, 4.69) is 20.3 Å². The third-order valence-electron chi connectivity index (χ3n) is 4.76. The van der Waals surface area contributed by atoms with Gasteiger partial charge in [-0.05, 0) is 38.1 Å². The van der Waals surface area contributed by atoms with Gasteiger partial charge in [-0.1, -0.05) is 17.4 Å². The number of aromatic nitrogens is 3. The van der Waals surface area contributed by atoms with Crippen molar-refractivity contribution < 1.29 is 22.7 Å². The van der Waals surface area contributed by atoms with Crippen LogP contribution in [0.2, 0.25) is 0 Å². The summed E-state index contributed by atoms with van der Waals surface area (Å²) >= 11 is 1.05. The highest BCUT2D eigenvalue weighted by Crippen LogP contribution is 2.34. The molecule has 1 aliphatic rings. The van der Waals surface area contributed by atoms with Gasteiger partial charge in [-0.3, -0.25) is 9.78 Å². The third-order valence-corrected chi connectivity index (χ3v) is 5.72. The van der Waals surface area contributed by atoms with Crippen molar-refractivity contribution in [3.63, 3.8) is 0 Å². The van der Waals surface area contributed by atoms with E-state index in [0.717, 1.165) is 29.7 Å². The number of nitrogens with zero attached hydrogens (tertiary/aromatic N) is 4. The number of pyridine rings is 2. The Morgan fingerprint density at radius 1 is 1.16 bits per heavy atom. The molecule has 2 atom stereocenters. The second-order valence-electron chi connectivity index (χ2n) is 7.43. The highest BCUT2D eigenvalue weighted by atomic mass is 32.1. The third kappa shape index (κ3) is 4.89. The van der Waals surface area contributed by atoms with Crippen molar-refractivity contribution in [3.8, 4) is 11.4 Å². The number of ether oxygens (including phenoxy) is 1. The molecule has 1 amide bonds. The first-order valence-corrected chi connectivity index (χ1v) is 10.7. The Morgan fingerprint density at radius 2 is 1.91 bits per heavy atom. The van der Waals surface area contributed by atoms with Crippen molar-refractivity contribution >= 4 is 28.2 Å². The standard InChI is InChI=1S/C21H20F3N5O2S/c1-12-10-29(11-13(2)31-12)19(30)18-17(15-5-3-4-7-25-15)28-20(32-18)27-16-9-14(6-8-26-16)21(22,23)24/h3-9,12-13H,10-11H2,1-2H3,(H,26,27,28)/t12-,13+. The molecular weight excluding hydrogens is 443 g/mol. The maximum atomic E-state index is 13.4. The number of nitrogens with one attached hydrogen (secondary N) is 1. The quantitative estimate of drug-likeness (QED) is 0.609. The van der Waals surface area contributed by atoms with Crippen molar-refractivity contribution in [1.82, 2.24) is 19.9 Å². The Morgan fingerprint density at radius 3 is 2.56 bits per heavy atom. The van der Waals surface area contributed by atoms with E-state index in [0.29, 0.717) is 29.4 Å². The summed E-state index contributed by atoms with van der Waals surface area (Å²) < 4.78 is 44.8. The molecule has 3 aromatic rings. The maximum Gasteiger partial charge on any atom is 0.416 e. The average Bonchev–Trinajstić information content (AvgIpc) is 3.16. The van der Waals surface area contributed by atoms with E-state index in [1.54, 1.807) is 29.3 Å². The Bertz CT molecular complexity index is 1100. The van der Waals surface area contributed by atoms with Gasteiger partial charge in [-0.15, -0.1) is 0 Å². The van der Waals surface area contributed by atoms with Crippen LogP contribution in [-0.2, 0) is 10.9 Å². The van der Waals surface area contributed by atoms with Gasteiger partial charge in [0.1, 0.15) is 16.4 Å². The zero-order valence-corrected chi connectivity index (χ0v) is 18.1. The smallest absolute Gasteiger partial charge is 0.372 e. The zero-order valence-electron chi connectivity index (χ0n) is 17.3. The fourth-order valence-electron chi connectivity index (χ4n) is 3.47. The molecule has 1 N–H and O–H groups in total. The van der Waals surface area contributed by atoms with Gasteiger partial charge in [-0.25, -0.2) is 9.97 Å². The lowest BCUT2D eigenvalue weighted by atomic mass is 10.2. The second kappa shape index (κ2) is 8.83. The van der Waals surface area contributed by atoms with Gasteiger partial charge in [0.15, 0.2) is 5.13 Å². The lowest BCUT2D eigenvalue weighted by Gasteiger charge is -2.35. The summed E-state index contributed by atoms with van der Waals surface area (Å²) in [7, 11) is 0. The van der Waals surface area contributed by atoms with Gasteiger partial charge in [0.2, 0.25) is 0 Å². The molecule has 168 valence electrons. The topological polar surface area (TPSA) is 80.2 Å². The highest BCUT2D eigenvalue weighted by molar-refractivity contribution is 7.18. The molecule has 1 aliphatic heterocycles. The Hall–Kier alpha value is -3.05. The molecule has 1 fully saturated rings. The number of carbonyl (C=O) groups excluding carboxylic acids is 1. The predicted molar refractivity (Wildman–Crippen MR) is 114 cm³/mol. The van der Waals surface area contributed by atoms with E-state index < -0.39 is 11.7 Å². The molecule has 0 radical (unpaired) electrons. The van der Waals surface area contributed by atoms with Crippen molar-refractivity contribution in [3.05, 3.63) is 53.2 Å². The number of hydrogen-bond acceptors (Lipinski definition) is 7. The minimum Gasteiger partial charge on any atom is -0.372 e. The largest absolute Gasteiger partial charge is 0.416 e. The van der Waals surface area contributed by atoms with E-state index in [1.807, 2.05) is 13.8 Å². The van der Waals surface area contributed by atoms with Crippen LogP contribution in [0, 0.1) is 0 Å². The molecule has 3 aromatic heterocycles. The van der Waals surface area contributed by atoms with Gasteiger partial charge >= 0.3 is 6.18 Å². The number of thiazole rings is 1. The van der Waals surface area contributed by atoms with Crippen LogP contribution in [0.15, 0.2) is 42.7 Å². The molecule has 0 aliphatic carbocycles. The van der Waals surface area contributed by atoms with Gasteiger partial charge in [-0.2, -0.15) is 13.2 Å². The fourth-order valence-corrected chi connectivity index (χ4v) is 4.42. The van der Waals surface area contributed by atoms with Crippen LogP contribution < -0.4 is 5.32 Å². The number of hydrogen-bond donors (Lipinski definition) is 1. The average molecular weight is 463 g/mol. The molecule has 1 saturated heterocycles. The maximum absolute atomic E-state index is 13.4. The molecule has 0 spiro atoms. The minimum absolute atomic E-state index is 0.0197. The van der Waals surface area contributed by atoms with Crippen molar-refractivity contribution in [2.24, 2.45) is 0 Å². The summed E-state index contributed by atoms with van der Waals surface area (Å²) in [5.74, 6) is -0.246. The van der Waals surface area contributed by atoms with Crippen LogP contribution >= 0.6 is 11.3 Å². The number of rotatable bonds is 4. The number of carbonyl (C=O) groups is 1.